The predicted molar refractivity (Wildman–Crippen MR) is 56.3 cm³/mol. The normalized spacial score (nSPS) is 12.1. The Balaban J connectivity index is 2.58. The molecule has 2 nitrogen and oxygen atoms in total. The van der Waals surface area contributed by atoms with Crippen molar-refractivity contribution in [2.45, 2.75) is 12.7 Å². The molecular weight excluding hydrogens is 241 g/mol. The maximum atomic E-state index is 12.2. The van der Waals surface area contributed by atoms with Crippen molar-refractivity contribution in [2.75, 3.05) is 19.0 Å². The van der Waals surface area contributed by atoms with E-state index in [2.05, 4.69) is 4.98 Å². The summed E-state index contributed by atoms with van der Waals surface area (Å²) in [6.07, 6.45) is -1.06. The minimum Gasteiger partial charge on any atom is -0.289 e. The molecule has 1 aromatic heterocycles. The van der Waals surface area contributed by atoms with Crippen molar-refractivity contribution in [1.82, 2.24) is 9.88 Å². The topological polar surface area (TPSA) is 16.1 Å². The quantitative estimate of drug-likeness (QED) is 0.749. The summed E-state index contributed by atoms with van der Waals surface area (Å²) in [6, 6.07) is 3.44. The number of halogens is 4. The lowest BCUT2D eigenvalue weighted by atomic mass is 10.2. The molecule has 0 aliphatic rings. The molecule has 0 fully saturated rings. The van der Waals surface area contributed by atoms with Gasteiger partial charge in [0.05, 0.1) is 6.54 Å². The lowest BCUT2D eigenvalue weighted by molar-refractivity contribution is -0.146. The Kier molecular flexibility index (Phi) is 5.02. The van der Waals surface area contributed by atoms with E-state index in [4.69, 9.17) is 11.6 Å². The van der Waals surface area contributed by atoms with Crippen LogP contribution in [-0.4, -0.2) is 35.0 Å². The molecule has 1 heterocycles. The van der Waals surface area contributed by atoms with E-state index in [1.165, 1.54) is 4.90 Å². The van der Waals surface area contributed by atoms with E-state index in [0.29, 0.717) is 0 Å². The molecule has 16 heavy (non-hydrogen) atoms. The number of hydrogen-bond acceptors (Lipinski definition) is 2. The monoisotopic (exact) mass is 252 g/mol. The lowest BCUT2D eigenvalue weighted by Gasteiger charge is -2.22. The minimum absolute atomic E-state index is 0.177. The zero-order valence-corrected chi connectivity index (χ0v) is 9.30. The summed E-state index contributed by atoms with van der Waals surface area (Å²) in [6.45, 7) is -0.537. The first-order chi connectivity index (χ1) is 7.51. The standard InChI is InChI=1S/C10H12ClF3N2/c11-3-5-16(8-10(12,13)14)7-9-2-1-4-15-6-9/h1-2,4,6H,3,5,7-8H2. The van der Waals surface area contributed by atoms with Gasteiger partial charge in [-0.3, -0.25) is 9.88 Å². The first-order valence-corrected chi connectivity index (χ1v) is 5.28. The van der Waals surface area contributed by atoms with Gasteiger partial charge in [-0.15, -0.1) is 11.6 Å². The Morgan fingerprint density at radius 1 is 1.38 bits per heavy atom. The van der Waals surface area contributed by atoms with Gasteiger partial charge in [0.1, 0.15) is 0 Å². The SMILES string of the molecule is FC(F)(F)CN(CCCl)Cc1cccnc1. The summed E-state index contributed by atoms with van der Waals surface area (Å²) in [5.41, 5.74) is 0.747. The van der Waals surface area contributed by atoms with Gasteiger partial charge in [-0.05, 0) is 11.6 Å². The Hall–Kier alpha value is -0.810. The van der Waals surface area contributed by atoms with Gasteiger partial charge in [0.2, 0.25) is 0 Å². The maximum Gasteiger partial charge on any atom is 0.401 e. The molecule has 0 N–H and O–H groups in total. The van der Waals surface area contributed by atoms with Crippen LogP contribution in [0.2, 0.25) is 0 Å². The van der Waals surface area contributed by atoms with Crippen LogP contribution in [0.5, 0.6) is 0 Å². The van der Waals surface area contributed by atoms with Crippen LogP contribution in [0.1, 0.15) is 5.56 Å². The molecule has 0 atom stereocenters. The van der Waals surface area contributed by atoms with Crippen LogP contribution in [0.3, 0.4) is 0 Å². The summed E-state index contributed by atoms with van der Waals surface area (Å²) in [5.74, 6) is 0.177. The highest BCUT2D eigenvalue weighted by Crippen LogP contribution is 2.17. The summed E-state index contributed by atoms with van der Waals surface area (Å²) in [4.78, 5) is 5.11. The minimum atomic E-state index is -4.20. The van der Waals surface area contributed by atoms with Gasteiger partial charge >= 0.3 is 6.18 Å². The molecule has 1 rings (SSSR count). The number of nitrogens with zero attached hydrogens (tertiary/aromatic N) is 2. The third-order valence-electron chi connectivity index (χ3n) is 1.93. The van der Waals surface area contributed by atoms with Gasteiger partial charge in [0, 0.05) is 31.4 Å². The van der Waals surface area contributed by atoms with E-state index >= 15 is 0 Å². The Morgan fingerprint density at radius 3 is 2.62 bits per heavy atom. The Morgan fingerprint density at radius 2 is 2.12 bits per heavy atom. The van der Waals surface area contributed by atoms with Gasteiger partial charge in [-0.2, -0.15) is 13.2 Å². The second kappa shape index (κ2) is 6.06. The predicted octanol–water partition coefficient (Wildman–Crippen LogP) is 2.68. The molecule has 0 saturated carbocycles. The molecule has 1 aromatic rings. The van der Waals surface area contributed by atoms with Crippen molar-refractivity contribution in [2.24, 2.45) is 0 Å². The molecule has 0 amide bonds. The highest BCUT2D eigenvalue weighted by molar-refractivity contribution is 6.18. The van der Waals surface area contributed by atoms with Crippen molar-refractivity contribution in [3.63, 3.8) is 0 Å². The van der Waals surface area contributed by atoms with Gasteiger partial charge in [-0.1, -0.05) is 6.07 Å². The molecule has 0 aliphatic heterocycles. The number of pyridine rings is 1. The third kappa shape index (κ3) is 5.32. The summed E-state index contributed by atoms with van der Waals surface area (Å²) >= 11 is 5.47. The van der Waals surface area contributed by atoms with Crippen LogP contribution in [0, 0.1) is 0 Å². The fourth-order valence-corrected chi connectivity index (χ4v) is 1.58. The van der Waals surface area contributed by atoms with Gasteiger partial charge in [0.25, 0.3) is 0 Å². The molecule has 6 heteroatoms. The first kappa shape index (κ1) is 13.3. The zero-order chi connectivity index (χ0) is 12.0. The largest absolute Gasteiger partial charge is 0.401 e. The maximum absolute atomic E-state index is 12.2. The van der Waals surface area contributed by atoms with E-state index in [0.717, 1.165) is 5.56 Å². The summed E-state index contributed by atoms with van der Waals surface area (Å²) < 4.78 is 36.7. The number of rotatable bonds is 5. The summed E-state index contributed by atoms with van der Waals surface area (Å²) in [5, 5.41) is 0. The molecular formula is C10H12ClF3N2. The number of aromatic nitrogens is 1. The first-order valence-electron chi connectivity index (χ1n) is 4.75. The van der Waals surface area contributed by atoms with E-state index < -0.39 is 12.7 Å². The van der Waals surface area contributed by atoms with Crippen LogP contribution < -0.4 is 0 Å². The second-order valence-electron chi connectivity index (χ2n) is 3.38. The highest BCUT2D eigenvalue weighted by atomic mass is 35.5. The molecule has 0 saturated heterocycles. The number of alkyl halides is 4. The fourth-order valence-electron chi connectivity index (χ4n) is 1.34. The summed E-state index contributed by atoms with van der Waals surface area (Å²) in [7, 11) is 0. The van der Waals surface area contributed by atoms with Crippen LogP contribution in [0.4, 0.5) is 13.2 Å². The molecule has 0 aliphatic carbocycles. The molecule has 90 valence electrons. The van der Waals surface area contributed by atoms with Crippen molar-refractivity contribution < 1.29 is 13.2 Å². The van der Waals surface area contributed by atoms with Crippen molar-refractivity contribution >= 4 is 11.6 Å². The van der Waals surface area contributed by atoms with Crippen molar-refractivity contribution in [1.29, 1.82) is 0 Å². The molecule has 0 spiro atoms. The van der Waals surface area contributed by atoms with Crippen LogP contribution in [-0.2, 0) is 6.54 Å². The number of hydrogen-bond donors (Lipinski definition) is 0. The van der Waals surface area contributed by atoms with Gasteiger partial charge in [0.15, 0.2) is 0 Å². The lowest BCUT2D eigenvalue weighted by Crippen LogP contribution is -2.35. The average Bonchev–Trinajstić information content (AvgIpc) is 2.17. The van der Waals surface area contributed by atoms with Crippen molar-refractivity contribution in [3.05, 3.63) is 30.1 Å². The van der Waals surface area contributed by atoms with E-state index in [1.807, 2.05) is 0 Å². The van der Waals surface area contributed by atoms with Gasteiger partial charge in [-0.25, -0.2) is 0 Å². The third-order valence-corrected chi connectivity index (χ3v) is 2.10. The van der Waals surface area contributed by atoms with Crippen LogP contribution in [0.25, 0.3) is 0 Å². The zero-order valence-electron chi connectivity index (χ0n) is 8.54. The van der Waals surface area contributed by atoms with E-state index in [1.54, 1.807) is 24.5 Å². The smallest absolute Gasteiger partial charge is 0.289 e. The van der Waals surface area contributed by atoms with E-state index in [9.17, 15) is 13.2 Å². The second-order valence-corrected chi connectivity index (χ2v) is 3.75. The van der Waals surface area contributed by atoms with Crippen molar-refractivity contribution in [3.8, 4) is 0 Å². The molecule has 0 radical (unpaired) electrons. The average molecular weight is 253 g/mol. The molecule has 0 aromatic carbocycles. The molecule has 0 unspecified atom stereocenters. The Bertz CT molecular complexity index is 303. The fraction of sp³-hybridized carbons (Fsp3) is 0.500. The highest BCUT2D eigenvalue weighted by Gasteiger charge is 2.30. The Labute approximate surface area is 97.0 Å². The van der Waals surface area contributed by atoms with E-state index in [-0.39, 0.29) is 19.0 Å². The van der Waals surface area contributed by atoms with Crippen LogP contribution in [0.15, 0.2) is 24.5 Å². The molecule has 0 bridgehead atoms. The van der Waals surface area contributed by atoms with Gasteiger partial charge < -0.3 is 0 Å². The van der Waals surface area contributed by atoms with Crippen LogP contribution >= 0.6 is 11.6 Å².